The van der Waals surface area contributed by atoms with E-state index in [-0.39, 0.29) is 17.9 Å². The molecule has 1 N–H and O–H groups in total. The van der Waals surface area contributed by atoms with Crippen LogP contribution in [0.1, 0.15) is 41.7 Å². The number of nitrogens with zero attached hydrogens (tertiary/aromatic N) is 1. The zero-order valence-corrected chi connectivity index (χ0v) is 16.6. The quantitative estimate of drug-likeness (QED) is 0.637. The van der Waals surface area contributed by atoms with Crippen molar-refractivity contribution < 1.29 is 14.3 Å². The fraction of sp³-hybridized carbons (Fsp3) is 0.348. The van der Waals surface area contributed by atoms with Crippen LogP contribution in [0.5, 0.6) is 11.5 Å². The average molecular weight is 378 g/mol. The highest BCUT2D eigenvalue weighted by Crippen LogP contribution is 2.40. The van der Waals surface area contributed by atoms with Gasteiger partial charge in [0.05, 0.1) is 20.3 Å². The number of rotatable bonds is 6. The number of fused-ring (bicyclic) bond motifs is 1. The number of H-pyrrole nitrogens is 1. The molecular weight excluding hydrogens is 352 g/mol. The SMILES string of the molecule is COc1ccc([C@H]2CCCN2[C@@H](C)C(=O)c2c[nH]c3ccccc23)c(OC)c1. The third kappa shape index (κ3) is 3.16. The lowest BCUT2D eigenvalue weighted by Crippen LogP contribution is -2.38. The van der Waals surface area contributed by atoms with E-state index in [1.54, 1.807) is 14.2 Å². The van der Waals surface area contributed by atoms with Crippen molar-refractivity contribution in [2.24, 2.45) is 0 Å². The molecule has 0 amide bonds. The molecule has 1 aliphatic heterocycles. The summed E-state index contributed by atoms with van der Waals surface area (Å²) in [6, 6.07) is 13.8. The van der Waals surface area contributed by atoms with Gasteiger partial charge in [0.15, 0.2) is 5.78 Å². The van der Waals surface area contributed by atoms with Gasteiger partial charge in [0.25, 0.3) is 0 Å². The van der Waals surface area contributed by atoms with Crippen molar-refractivity contribution in [2.45, 2.75) is 31.8 Å². The summed E-state index contributed by atoms with van der Waals surface area (Å²) in [6.07, 6.45) is 3.90. The van der Waals surface area contributed by atoms with Gasteiger partial charge in [-0.3, -0.25) is 9.69 Å². The van der Waals surface area contributed by atoms with E-state index in [9.17, 15) is 4.79 Å². The molecule has 3 aromatic rings. The average Bonchev–Trinajstić information content (AvgIpc) is 3.39. The molecule has 4 rings (SSSR count). The minimum Gasteiger partial charge on any atom is -0.497 e. The number of aromatic nitrogens is 1. The van der Waals surface area contributed by atoms with Gasteiger partial charge in [-0.05, 0) is 38.4 Å². The van der Waals surface area contributed by atoms with E-state index in [1.165, 1.54) is 0 Å². The van der Waals surface area contributed by atoms with Crippen molar-refractivity contribution >= 4 is 16.7 Å². The number of para-hydroxylation sites is 1. The summed E-state index contributed by atoms with van der Waals surface area (Å²) in [5.74, 6) is 1.73. The van der Waals surface area contributed by atoms with E-state index >= 15 is 0 Å². The van der Waals surface area contributed by atoms with Gasteiger partial charge in [-0.15, -0.1) is 0 Å². The summed E-state index contributed by atoms with van der Waals surface area (Å²) in [6.45, 7) is 2.91. The number of nitrogens with one attached hydrogen (secondary N) is 1. The highest BCUT2D eigenvalue weighted by atomic mass is 16.5. The zero-order chi connectivity index (χ0) is 19.7. The Morgan fingerprint density at radius 2 is 2.00 bits per heavy atom. The summed E-state index contributed by atoms with van der Waals surface area (Å²) in [7, 11) is 3.33. The van der Waals surface area contributed by atoms with Crippen LogP contribution in [0, 0.1) is 0 Å². The molecule has 0 bridgehead atoms. The van der Waals surface area contributed by atoms with Crippen molar-refractivity contribution in [3.05, 3.63) is 59.8 Å². The number of benzene rings is 2. The van der Waals surface area contributed by atoms with Crippen LogP contribution in [0.2, 0.25) is 0 Å². The first-order valence-electron chi connectivity index (χ1n) is 9.72. The topological polar surface area (TPSA) is 54.6 Å². The number of ether oxygens (including phenoxy) is 2. The molecule has 0 saturated carbocycles. The standard InChI is InChI=1S/C23H26N2O3/c1-15(23(26)19-14-24-20-8-5-4-7-17(19)20)25-12-6-9-21(25)18-11-10-16(27-2)13-22(18)28-3/h4-5,7-8,10-11,13-15,21,24H,6,9,12H2,1-3H3/t15-,21+/m0/s1. The molecule has 0 unspecified atom stereocenters. The molecule has 1 aromatic heterocycles. The fourth-order valence-electron chi connectivity index (χ4n) is 4.33. The number of ketones is 1. The molecule has 1 saturated heterocycles. The normalized spacial score (nSPS) is 18.3. The van der Waals surface area contributed by atoms with E-state index in [2.05, 4.69) is 16.0 Å². The maximum Gasteiger partial charge on any atom is 0.181 e. The van der Waals surface area contributed by atoms with Gasteiger partial charge < -0.3 is 14.5 Å². The van der Waals surface area contributed by atoms with Gasteiger partial charge in [0.2, 0.25) is 0 Å². The lowest BCUT2D eigenvalue weighted by molar-refractivity contribution is 0.0820. The summed E-state index contributed by atoms with van der Waals surface area (Å²) in [4.78, 5) is 18.8. The third-order valence-corrected chi connectivity index (χ3v) is 5.83. The van der Waals surface area contributed by atoms with Gasteiger partial charge >= 0.3 is 0 Å². The van der Waals surface area contributed by atoms with E-state index in [0.29, 0.717) is 0 Å². The monoisotopic (exact) mass is 378 g/mol. The van der Waals surface area contributed by atoms with Crippen molar-refractivity contribution in [1.29, 1.82) is 0 Å². The zero-order valence-electron chi connectivity index (χ0n) is 16.6. The second kappa shape index (κ2) is 7.68. The number of hydrogen-bond acceptors (Lipinski definition) is 4. The predicted octanol–water partition coefficient (Wildman–Crippen LogP) is 4.59. The first-order valence-corrected chi connectivity index (χ1v) is 9.72. The maximum absolute atomic E-state index is 13.3. The Morgan fingerprint density at radius 3 is 2.79 bits per heavy atom. The van der Waals surface area contributed by atoms with E-state index < -0.39 is 0 Å². The number of likely N-dealkylation sites (tertiary alicyclic amines) is 1. The van der Waals surface area contributed by atoms with Crippen molar-refractivity contribution in [1.82, 2.24) is 9.88 Å². The molecule has 146 valence electrons. The summed E-state index contributed by atoms with van der Waals surface area (Å²) >= 11 is 0. The van der Waals surface area contributed by atoms with E-state index in [1.807, 2.05) is 49.5 Å². The fourth-order valence-corrected chi connectivity index (χ4v) is 4.33. The molecule has 2 heterocycles. The van der Waals surface area contributed by atoms with Crippen LogP contribution >= 0.6 is 0 Å². The van der Waals surface area contributed by atoms with Crippen molar-refractivity contribution in [3.63, 3.8) is 0 Å². The molecule has 5 nitrogen and oxygen atoms in total. The first-order chi connectivity index (χ1) is 13.6. The van der Waals surface area contributed by atoms with E-state index in [4.69, 9.17) is 9.47 Å². The number of Topliss-reactive ketones (excluding diaryl/α,β-unsaturated/α-hetero) is 1. The molecule has 2 atom stereocenters. The number of carbonyl (C=O) groups is 1. The highest BCUT2D eigenvalue weighted by Gasteiger charge is 2.35. The number of methoxy groups -OCH3 is 2. The van der Waals surface area contributed by atoms with Crippen LogP contribution in [0.15, 0.2) is 48.7 Å². The van der Waals surface area contributed by atoms with Crippen LogP contribution in [-0.4, -0.2) is 42.5 Å². The van der Waals surface area contributed by atoms with Crippen LogP contribution in [0.4, 0.5) is 0 Å². The third-order valence-electron chi connectivity index (χ3n) is 5.83. The number of carbonyl (C=O) groups excluding carboxylic acids is 1. The Labute approximate surface area is 165 Å². The first kappa shape index (κ1) is 18.6. The van der Waals surface area contributed by atoms with Gasteiger partial charge in [-0.2, -0.15) is 0 Å². The Bertz CT molecular complexity index is 994. The molecule has 1 fully saturated rings. The molecule has 0 aliphatic carbocycles. The number of hydrogen-bond donors (Lipinski definition) is 1. The number of aromatic amines is 1. The summed E-state index contributed by atoms with van der Waals surface area (Å²) < 4.78 is 10.9. The van der Waals surface area contributed by atoms with Gasteiger partial charge in [0.1, 0.15) is 11.5 Å². The maximum atomic E-state index is 13.3. The largest absolute Gasteiger partial charge is 0.497 e. The molecule has 28 heavy (non-hydrogen) atoms. The minimum atomic E-state index is -0.210. The van der Waals surface area contributed by atoms with Gasteiger partial charge in [-0.25, -0.2) is 0 Å². The van der Waals surface area contributed by atoms with Crippen LogP contribution in [0.25, 0.3) is 10.9 Å². The van der Waals surface area contributed by atoms with Crippen molar-refractivity contribution in [3.8, 4) is 11.5 Å². The van der Waals surface area contributed by atoms with Crippen LogP contribution in [0.3, 0.4) is 0 Å². The second-order valence-corrected chi connectivity index (χ2v) is 7.29. The molecule has 0 radical (unpaired) electrons. The van der Waals surface area contributed by atoms with Gasteiger partial charge in [0, 0.05) is 40.3 Å². The van der Waals surface area contributed by atoms with Crippen molar-refractivity contribution in [2.75, 3.05) is 20.8 Å². The Balaban J connectivity index is 1.64. The highest BCUT2D eigenvalue weighted by molar-refractivity contribution is 6.10. The Hall–Kier alpha value is -2.79. The van der Waals surface area contributed by atoms with Gasteiger partial charge in [-0.1, -0.05) is 24.3 Å². The van der Waals surface area contributed by atoms with Crippen LogP contribution in [-0.2, 0) is 0 Å². The molecular formula is C23H26N2O3. The molecule has 5 heteroatoms. The molecule has 2 aromatic carbocycles. The van der Waals surface area contributed by atoms with Crippen LogP contribution < -0.4 is 9.47 Å². The summed E-state index contributed by atoms with van der Waals surface area (Å²) in [5, 5.41) is 0.983. The minimum absolute atomic E-state index is 0.150. The van der Waals surface area contributed by atoms with E-state index in [0.717, 1.165) is 52.9 Å². The predicted molar refractivity (Wildman–Crippen MR) is 110 cm³/mol. The smallest absolute Gasteiger partial charge is 0.181 e. The molecule has 1 aliphatic rings. The lowest BCUT2D eigenvalue weighted by Gasteiger charge is -2.31. The Kier molecular flexibility index (Phi) is 5.09. The second-order valence-electron chi connectivity index (χ2n) is 7.29. The molecule has 0 spiro atoms. The summed E-state index contributed by atoms with van der Waals surface area (Å²) in [5.41, 5.74) is 2.86. The lowest BCUT2D eigenvalue weighted by atomic mass is 9.99. The Morgan fingerprint density at radius 1 is 1.18 bits per heavy atom.